The molecule has 3 unspecified atom stereocenters. The fourth-order valence-electron chi connectivity index (χ4n) is 4.48. The number of benzene rings is 2. The summed E-state index contributed by atoms with van der Waals surface area (Å²) in [6.07, 6.45) is 2.88. The van der Waals surface area contributed by atoms with Crippen LogP contribution in [0.4, 0.5) is 0 Å². The lowest BCUT2D eigenvalue weighted by molar-refractivity contribution is -0.133. The van der Waals surface area contributed by atoms with Gasteiger partial charge in [0.25, 0.3) is 0 Å². The molecule has 0 bridgehead atoms. The second-order valence-electron chi connectivity index (χ2n) is 9.95. The number of rotatable bonds is 11. The van der Waals surface area contributed by atoms with Gasteiger partial charge in [-0.3, -0.25) is 19.2 Å². The normalized spacial score (nSPS) is 19.5. The highest BCUT2D eigenvalue weighted by Gasteiger charge is 2.48. The molecule has 2 aliphatic rings. The maximum atomic E-state index is 13.5. The van der Waals surface area contributed by atoms with Crippen LogP contribution in [-0.4, -0.2) is 48.7 Å². The highest BCUT2D eigenvalue weighted by atomic mass is 16.5. The van der Waals surface area contributed by atoms with Crippen molar-refractivity contribution in [2.24, 2.45) is 5.41 Å². The van der Waals surface area contributed by atoms with E-state index >= 15 is 0 Å². The van der Waals surface area contributed by atoms with Crippen molar-refractivity contribution < 1.29 is 23.9 Å². The van der Waals surface area contributed by atoms with Gasteiger partial charge in [0.05, 0.1) is 13.2 Å². The van der Waals surface area contributed by atoms with E-state index in [1.54, 1.807) is 19.2 Å². The van der Waals surface area contributed by atoms with Crippen molar-refractivity contribution in [1.82, 2.24) is 16.0 Å². The molecule has 3 N–H and O–H groups in total. The van der Waals surface area contributed by atoms with Crippen LogP contribution in [0.1, 0.15) is 43.7 Å². The third-order valence-corrected chi connectivity index (χ3v) is 7.05. The molecule has 4 rings (SSSR count). The number of ketones is 1. The van der Waals surface area contributed by atoms with Crippen LogP contribution in [0.3, 0.4) is 0 Å². The third kappa shape index (κ3) is 6.30. The SMILES string of the molecule is COc1ccc(CC(NC(=O)C2CCC(=O)N2)C(=O)NC(Cc2ccccc2)C(=O)C2(C)CC2)cc1. The van der Waals surface area contributed by atoms with Gasteiger partial charge in [-0.15, -0.1) is 0 Å². The molecule has 3 atom stereocenters. The predicted octanol–water partition coefficient (Wildman–Crippen LogP) is 2.10. The number of hydrogen-bond donors (Lipinski definition) is 3. The summed E-state index contributed by atoms with van der Waals surface area (Å²) in [7, 11) is 1.58. The lowest BCUT2D eigenvalue weighted by Crippen LogP contribution is -2.56. The molecule has 0 spiro atoms. The molecule has 2 aromatic rings. The zero-order valence-electron chi connectivity index (χ0n) is 20.7. The minimum Gasteiger partial charge on any atom is -0.497 e. The van der Waals surface area contributed by atoms with E-state index in [1.807, 2.05) is 49.4 Å². The molecule has 0 aromatic heterocycles. The summed E-state index contributed by atoms with van der Waals surface area (Å²) in [5, 5.41) is 8.40. The summed E-state index contributed by atoms with van der Waals surface area (Å²) in [5.74, 6) is -0.324. The summed E-state index contributed by atoms with van der Waals surface area (Å²) in [6.45, 7) is 1.93. The fourth-order valence-corrected chi connectivity index (χ4v) is 4.48. The lowest BCUT2D eigenvalue weighted by atomic mass is 9.92. The number of amides is 3. The van der Waals surface area contributed by atoms with Crippen LogP contribution in [0.15, 0.2) is 54.6 Å². The molecule has 8 nitrogen and oxygen atoms in total. The highest BCUT2D eigenvalue weighted by Crippen LogP contribution is 2.46. The largest absolute Gasteiger partial charge is 0.497 e. The van der Waals surface area contributed by atoms with E-state index in [2.05, 4.69) is 16.0 Å². The summed E-state index contributed by atoms with van der Waals surface area (Å²) in [4.78, 5) is 51.4. The fraction of sp³-hybridized carbons (Fsp3) is 0.429. The van der Waals surface area contributed by atoms with Gasteiger partial charge in [-0.1, -0.05) is 49.4 Å². The maximum absolute atomic E-state index is 13.5. The minimum absolute atomic E-state index is 0.0114. The van der Waals surface area contributed by atoms with Gasteiger partial charge in [0.1, 0.15) is 17.8 Å². The Hall–Kier alpha value is -3.68. The molecule has 1 saturated heterocycles. The second kappa shape index (κ2) is 10.9. The summed E-state index contributed by atoms with van der Waals surface area (Å²) in [5.41, 5.74) is 1.35. The second-order valence-corrected chi connectivity index (χ2v) is 9.95. The van der Waals surface area contributed by atoms with Crippen LogP contribution in [0, 0.1) is 5.41 Å². The third-order valence-electron chi connectivity index (χ3n) is 7.05. The maximum Gasteiger partial charge on any atom is 0.243 e. The van der Waals surface area contributed by atoms with Gasteiger partial charge in [0.2, 0.25) is 17.7 Å². The van der Waals surface area contributed by atoms with E-state index in [0.717, 1.165) is 24.0 Å². The average molecular weight is 492 g/mol. The van der Waals surface area contributed by atoms with E-state index < -0.39 is 35.4 Å². The highest BCUT2D eigenvalue weighted by molar-refractivity contribution is 5.98. The van der Waals surface area contributed by atoms with Gasteiger partial charge >= 0.3 is 0 Å². The Labute approximate surface area is 211 Å². The number of nitrogens with one attached hydrogen (secondary N) is 3. The zero-order valence-corrected chi connectivity index (χ0v) is 20.7. The lowest BCUT2D eigenvalue weighted by Gasteiger charge is -2.26. The van der Waals surface area contributed by atoms with Crippen molar-refractivity contribution in [1.29, 1.82) is 0 Å². The molecule has 0 radical (unpaired) electrons. The van der Waals surface area contributed by atoms with E-state index in [0.29, 0.717) is 18.6 Å². The van der Waals surface area contributed by atoms with Crippen LogP contribution in [0.5, 0.6) is 5.75 Å². The van der Waals surface area contributed by atoms with Gasteiger partial charge in [0.15, 0.2) is 5.78 Å². The number of ether oxygens (including phenoxy) is 1. The molecule has 36 heavy (non-hydrogen) atoms. The van der Waals surface area contributed by atoms with E-state index in [1.165, 1.54) is 0 Å². The topological polar surface area (TPSA) is 114 Å². The van der Waals surface area contributed by atoms with Gasteiger partial charge in [-0.2, -0.15) is 0 Å². The summed E-state index contributed by atoms with van der Waals surface area (Å²) >= 11 is 0. The van der Waals surface area contributed by atoms with Crippen LogP contribution in [0.25, 0.3) is 0 Å². The van der Waals surface area contributed by atoms with Crippen LogP contribution < -0.4 is 20.7 Å². The molecule has 2 fully saturated rings. The van der Waals surface area contributed by atoms with Gasteiger partial charge < -0.3 is 20.7 Å². The van der Waals surface area contributed by atoms with Gasteiger partial charge in [-0.25, -0.2) is 0 Å². The number of methoxy groups -OCH3 is 1. The molecule has 2 aromatic carbocycles. The summed E-state index contributed by atoms with van der Waals surface area (Å²) < 4.78 is 5.21. The number of carbonyl (C=O) groups excluding carboxylic acids is 4. The van der Waals surface area contributed by atoms with Crippen molar-refractivity contribution in [3.63, 3.8) is 0 Å². The minimum atomic E-state index is -0.915. The van der Waals surface area contributed by atoms with Crippen molar-refractivity contribution in [3.8, 4) is 5.75 Å². The van der Waals surface area contributed by atoms with Crippen molar-refractivity contribution >= 4 is 23.5 Å². The first kappa shape index (κ1) is 25.4. The van der Waals surface area contributed by atoms with Crippen molar-refractivity contribution in [2.45, 2.75) is 63.6 Å². The molecule has 8 heteroatoms. The van der Waals surface area contributed by atoms with Crippen molar-refractivity contribution in [3.05, 3.63) is 65.7 Å². The van der Waals surface area contributed by atoms with E-state index in [-0.39, 0.29) is 24.5 Å². The number of Topliss-reactive ketones (excluding diaryl/α,β-unsaturated/α-hetero) is 1. The molecule has 1 aliphatic carbocycles. The molecule has 1 saturated carbocycles. The quantitative estimate of drug-likeness (QED) is 0.446. The molecule has 1 heterocycles. The first-order chi connectivity index (χ1) is 17.3. The molecule has 1 aliphatic heterocycles. The Morgan fingerprint density at radius 1 is 0.972 bits per heavy atom. The van der Waals surface area contributed by atoms with Gasteiger partial charge in [-0.05, 0) is 48.9 Å². The first-order valence-electron chi connectivity index (χ1n) is 12.4. The average Bonchev–Trinajstić information content (AvgIpc) is 3.49. The van der Waals surface area contributed by atoms with E-state index in [4.69, 9.17) is 4.74 Å². The Kier molecular flexibility index (Phi) is 7.72. The molecule has 190 valence electrons. The monoisotopic (exact) mass is 491 g/mol. The number of carbonyl (C=O) groups is 4. The Morgan fingerprint density at radius 3 is 2.19 bits per heavy atom. The van der Waals surface area contributed by atoms with Crippen molar-refractivity contribution in [2.75, 3.05) is 7.11 Å². The first-order valence-corrected chi connectivity index (χ1v) is 12.4. The zero-order chi connectivity index (χ0) is 25.7. The van der Waals surface area contributed by atoms with Crippen LogP contribution >= 0.6 is 0 Å². The Bertz CT molecular complexity index is 1110. The molecular formula is C28H33N3O5. The van der Waals surface area contributed by atoms with Crippen LogP contribution in [0.2, 0.25) is 0 Å². The number of hydrogen-bond acceptors (Lipinski definition) is 5. The predicted molar refractivity (Wildman–Crippen MR) is 134 cm³/mol. The Balaban J connectivity index is 1.53. The standard InChI is InChI=1S/C28H33N3O5/c1-28(14-15-28)25(33)22(16-18-6-4-3-5-7-18)30-27(35)23(17-19-8-10-20(36-2)11-9-19)31-26(34)21-12-13-24(32)29-21/h3-11,21-23H,12-17H2,1-2H3,(H,29,32)(H,30,35)(H,31,34). The Morgan fingerprint density at radius 2 is 1.61 bits per heavy atom. The molecular weight excluding hydrogens is 458 g/mol. The van der Waals surface area contributed by atoms with Crippen LogP contribution in [-0.2, 0) is 32.0 Å². The van der Waals surface area contributed by atoms with E-state index in [9.17, 15) is 19.2 Å². The summed E-state index contributed by atoms with van der Waals surface area (Å²) in [6, 6.07) is 14.5. The molecule has 3 amide bonds. The van der Waals surface area contributed by atoms with Gasteiger partial charge in [0, 0.05) is 18.3 Å². The smallest absolute Gasteiger partial charge is 0.243 e.